The Morgan fingerprint density at radius 3 is 2.81 bits per heavy atom. The number of rotatable bonds is 2. The molecule has 1 unspecified atom stereocenters. The molecule has 0 spiro atoms. The van der Waals surface area contributed by atoms with Crippen LogP contribution in [0, 0.1) is 0 Å². The standard InChI is InChI=1S/C13H21N3/c1-2-4-11(5-3-1)12-8-15-16(10-12)13-6-7-14-9-13/h8,10-11,13-14H,1-7,9H2. The van der Waals surface area contributed by atoms with E-state index in [1.165, 1.54) is 44.1 Å². The van der Waals surface area contributed by atoms with Gasteiger partial charge in [0.05, 0.1) is 12.2 Å². The first-order valence-electron chi connectivity index (χ1n) is 6.68. The van der Waals surface area contributed by atoms with Crippen molar-refractivity contribution < 1.29 is 0 Å². The van der Waals surface area contributed by atoms with E-state index in [0.717, 1.165) is 19.0 Å². The van der Waals surface area contributed by atoms with Crippen LogP contribution in [0.4, 0.5) is 0 Å². The van der Waals surface area contributed by atoms with Gasteiger partial charge in [-0.25, -0.2) is 0 Å². The summed E-state index contributed by atoms with van der Waals surface area (Å²) in [7, 11) is 0. The van der Waals surface area contributed by atoms with Crippen molar-refractivity contribution in [3.8, 4) is 0 Å². The maximum Gasteiger partial charge on any atom is 0.0655 e. The van der Waals surface area contributed by atoms with Crippen molar-refractivity contribution in [1.29, 1.82) is 0 Å². The molecule has 0 aromatic carbocycles. The van der Waals surface area contributed by atoms with Gasteiger partial charge in [-0.1, -0.05) is 19.3 Å². The molecule has 88 valence electrons. The maximum atomic E-state index is 4.55. The SMILES string of the molecule is c1nn(C2CCNC2)cc1C1CCCCC1. The van der Waals surface area contributed by atoms with Gasteiger partial charge in [-0.05, 0) is 37.3 Å². The second kappa shape index (κ2) is 4.58. The smallest absolute Gasteiger partial charge is 0.0655 e. The van der Waals surface area contributed by atoms with Crippen LogP contribution >= 0.6 is 0 Å². The molecule has 2 heterocycles. The molecule has 3 rings (SSSR count). The zero-order valence-corrected chi connectivity index (χ0v) is 9.86. The van der Waals surface area contributed by atoms with Crippen LogP contribution in [-0.2, 0) is 0 Å². The van der Waals surface area contributed by atoms with Crippen LogP contribution in [0.3, 0.4) is 0 Å². The molecule has 1 aliphatic heterocycles. The predicted molar refractivity (Wildman–Crippen MR) is 64.6 cm³/mol. The highest BCUT2D eigenvalue weighted by atomic mass is 15.3. The van der Waals surface area contributed by atoms with Crippen molar-refractivity contribution in [2.24, 2.45) is 0 Å². The van der Waals surface area contributed by atoms with Crippen LogP contribution in [0.25, 0.3) is 0 Å². The number of nitrogens with one attached hydrogen (secondary N) is 1. The molecule has 3 heteroatoms. The summed E-state index contributed by atoms with van der Waals surface area (Å²) >= 11 is 0. The van der Waals surface area contributed by atoms with Gasteiger partial charge in [-0.15, -0.1) is 0 Å². The lowest BCUT2D eigenvalue weighted by atomic mass is 9.85. The highest BCUT2D eigenvalue weighted by molar-refractivity contribution is 5.12. The Bertz CT molecular complexity index is 333. The molecule has 2 fully saturated rings. The summed E-state index contributed by atoms with van der Waals surface area (Å²) in [5, 5.41) is 7.95. The van der Waals surface area contributed by atoms with E-state index >= 15 is 0 Å². The number of nitrogens with zero attached hydrogens (tertiary/aromatic N) is 2. The van der Waals surface area contributed by atoms with E-state index in [9.17, 15) is 0 Å². The Morgan fingerprint density at radius 1 is 1.19 bits per heavy atom. The summed E-state index contributed by atoms with van der Waals surface area (Å²) in [5.74, 6) is 0.789. The van der Waals surface area contributed by atoms with E-state index in [-0.39, 0.29) is 0 Å². The lowest BCUT2D eigenvalue weighted by Gasteiger charge is -2.20. The minimum atomic E-state index is 0.595. The molecule has 0 amide bonds. The first-order chi connectivity index (χ1) is 7.93. The Hall–Kier alpha value is -0.830. The zero-order chi connectivity index (χ0) is 10.8. The first kappa shape index (κ1) is 10.3. The Morgan fingerprint density at radius 2 is 2.06 bits per heavy atom. The van der Waals surface area contributed by atoms with Crippen molar-refractivity contribution in [2.45, 2.75) is 50.5 Å². The molecular formula is C13H21N3. The maximum absolute atomic E-state index is 4.55. The molecule has 1 saturated carbocycles. The van der Waals surface area contributed by atoms with Gasteiger partial charge < -0.3 is 5.32 Å². The van der Waals surface area contributed by atoms with Gasteiger partial charge in [0.1, 0.15) is 0 Å². The number of hydrogen-bond acceptors (Lipinski definition) is 2. The highest BCUT2D eigenvalue weighted by Gasteiger charge is 2.20. The van der Waals surface area contributed by atoms with Gasteiger partial charge in [0.15, 0.2) is 0 Å². The summed E-state index contributed by atoms with van der Waals surface area (Å²) < 4.78 is 2.18. The Balaban J connectivity index is 1.71. The second-order valence-electron chi connectivity index (χ2n) is 5.24. The summed E-state index contributed by atoms with van der Waals surface area (Å²) in [6.45, 7) is 2.23. The Labute approximate surface area is 97.2 Å². The molecule has 1 aromatic heterocycles. The minimum Gasteiger partial charge on any atom is -0.315 e. The van der Waals surface area contributed by atoms with E-state index < -0.39 is 0 Å². The van der Waals surface area contributed by atoms with Gasteiger partial charge in [-0.2, -0.15) is 5.10 Å². The third kappa shape index (κ3) is 2.01. The van der Waals surface area contributed by atoms with Crippen molar-refractivity contribution in [1.82, 2.24) is 15.1 Å². The topological polar surface area (TPSA) is 29.9 Å². The quantitative estimate of drug-likeness (QED) is 0.828. The average molecular weight is 219 g/mol. The van der Waals surface area contributed by atoms with Crippen LogP contribution in [0.5, 0.6) is 0 Å². The van der Waals surface area contributed by atoms with E-state index in [2.05, 4.69) is 27.5 Å². The van der Waals surface area contributed by atoms with Crippen LogP contribution < -0.4 is 5.32 Å². The van der Waals surface area contributed by atoms with Crippen LogP contribution in [0.2, 0.25) is 0 Å². The van der Waals surface area contributed by atoms with Gasteiger partial charge in [0.2, 0.25) is 0 Å². The molecular weight excluding hydrogens is 198 g/mol. The van der Waals surface area contributed by atoms with Crippen LogP contribution in [0.15, 0.2) is 12.4 Å². The summed E-state index contributed by atoms with van der Waals surface area (Å²) in [6.07, 6.45) is 12.6. The molecule has 1 N–H and O–H groups in total. The van der Waals surface area contributed by atoms with Gasteiger partial charge >= 0.3 is 0 Å². The molecule has 1 aliphatic carbocycles. The lowest BCUT2D eigenvalue weighted by Crippen LogP contribution is -2.13. The highest BCUT2D eigenvalue weighted by Crippen LogP contribution is 2.32. The van der Waals surface area contributed by atoms with E-state index in [1.807, 2.05) is 0 Å². The summed E-state index contributed by atoms with van der Waals surface area (Å²) in [4.78, 5) is 0. The second-order valence-corrected chi connectivity index (χ2v) is 5.24. The molecule has 1 saturated heterocycles. The van der Waals surface area contributed by atoms with Crippen LogP contribution in [0.1, 0.15) is 56.0 Å². The van der Waals surface area contributed by atoms with Crippen molar-refractivity contribution >= 4 is 0 Å². The minimum absolute atomic E-state index is 0.595. The molecule has 3 nitrogen and oxygen atoms in total. The van der Waals surface area contributed by atoms with Crippen molar-refractivity contribution in [2.75, 3.05) is 13.1 Å². The molecule has 0 radical (unpaired) electrons. The first-order valence-corrected chi connectivity index (χ1v) is 6.68. The lowest BCUT2D eigenvalue weighted by molar-refractivity contribution is 0.441. The molecule has 1 aromatic rings. The molecule has 0 bridgehead atoms. The van der Waals surface area contributed by atoms with Crippen molar-refractivity contribution in [3.63, 3.8) is 0 Å². The fourth-order valence-electron chi connectivity index (χ4n) is 3.06. The fourth-order valence-corrected chi connectivity index (χ4v) is 3.06. The van der Waals surface area contributed by atoms with Gasteiger partial charge in [-0.3, -0.25) is 4.68 Å². The summed E-state index contributed by atoms with van der Waals surface area (Å²) in [5.41, 5.74) is 1.48. The molecule has 2 aliphatic rings. The average Bonchev–Trinajstić information content (AvgIpc) is 3.01. The summed E-state index contributed by atoms with van der Waals surface area (Å²) in [6, 6.07) is 0.595. The third-order valence-corrected chi connectivity index (χ3v) is 4.11. The zero-order valence-electron chi connectivity index (χ0n) is 9.86. The van der Waals surface area contributed by atoms with E-state index in [4.69, 9.17) is 0 Å². The van der Waals surface area contributed by atoms with Gasteiger partial charge in [0, 0.05) is 12.7 Å². The van der Waals surface area contributed by atoms with Gasteiger partial charge in [0.25, 0.3) is 0 Å². The number of hydrogen-bond donors (Lipinski definition) is 1. The molecule has 1 atom stereocenters. The van der Waals surface area contributed by atoms with Crippen molar-refractivity contribution in [3.05, 3.63) is 18.0 Å². The fraction of sp³-hybridized carbons (Fsp3) is 0.769. The predicted octanol–water partition coefficient (Wildman–Crippen LogP) is 2.47. The van der Waals surface area contributed by atoms with E-state index in [1.54, 1.807) is 0 Å². The Kier molecular flexibility index (Phi) is 2.96. The monoisotopic (exact) mass is 219 g/mol. The van der Waals surface area contributed by atoms with Crippen LogP contribution in [-0.4, -0.2) is 22.9 Å². The van der Waals surface area contributed by atoms with E-state index in [0.29, 0.717) is 6.04 Å². The normalized spacial score (nSPS) is 27.4. The number of aromatic nitrogens is 2. The molecule has 16 heavy (non-hydrogen) atoms. The third-order valence-electron chi connectivity index (χ3n) is 4.11. The largest absolute Gasteiger partial charge is 0.315 e.